The smallest absolute Gasteiger partial charge is 0.251 e. The molecule has 0 spiro atoms. The average molecular weight is 260 g/mol. The highest BCUT2D eigenvalue weighted by Crippen LogP contribution is 2.23. The Balaban J connectivity index is 1.89. The van der Waals surface area contributed by atoms with Gasteiger partial charge in [0.2, 0.25) is 0 Å². The Morgan fingerprint density at radius 1 is 1.42 bits per heavy atom. The van der Waals surface area contributed by atoms with Crippen molar-refractivity contribution in [3.05, 3.63) is 29.3 Å². The van der Waals surface area contributed by atoms with Gasteiger partial charge in [0.15, 0.2) is 0 Å². The van der Waals surface area contributed by atoms with Gasteiger partial charge in [0.05, 0.1) is 0 Å². The Morgan fingerprint density at radius 2 is 2.26 bits per heavy atom. The van der Waals surface area contributed by atoms with Crippen LogP contribution in [0.15, 0.2) is 18.2 Å². The number of unbranched alkanes of at least 4 members (excludes halogenated alkanes) is 2. The summed E-state index contributed by atoms with van der Waals surface area (Å²) in [6.45, 7) is 5.26. The van der Waals surface area contributed by atoms with E-state index in [0.717, 1.165) is 30.6 Å². The van der Waals surface area contributed by atoms with Crippen LogP contribution in [-0.2, 0) is 6.42 Å². The van der Waals surface area contributed by atoms with Crippen LogP contribution in [0, 0.1) is 0 Å². The third kappa shape index (κ3) is 3.72. The lowest BCUT2D eigenvalue weighted by Gasteiger charge is -2.14. The second kappa shape index (κ2) is 6.60. The van der Waals surface area contributed by atoms with Crippen LogP contribution >= 0.6 is 0 Å². The molecule has 2 N–H and O–H groups in total. The molecule has 0 radical (unpaired) electrons. The van der Waals surface area contributed by atoms with E-state index in [4.69, 9.17) is 0 Å². The zero-order chi connectivity index (χ0) is 13.7. The maximum Gasteiger partial charge on any atom is 0.251 e. The molecule has 1 aromatic carbocycles. The number of rotatable bonds is 6. The molecular weight excluding hydrogens is 236 g/mol. The van der Waals surface area contributed by atoms with Crippen LogP contribution in [0.5, 0.6) is 0 Å². The molecule has 0 aromatic heterocycles. The van der Waals surface area contributed by atoms with Crippen LogP contribution in [0.1, 0.15) is 55.5 Å². The molecule has 1 amide bonds. The van der Waals surface area contributed by atoms with Gasteiger partial charge in [-0.3, -0.25) is 4.79 Å². The van der Waals surface area contributed by atoms with Crippen molar-refractivity contribution in [3.8, 4) is 0 Å². The van der Waals surface area contributed by atoms with Gasteiger partial charge in [-0.15, -0.1) is 0 Å². The first-order valence-electron chi connectivity index (χ1n) is 7.38. The van der Waals surface area contributed by atoms with Gasteiger partial charge in [0.1, 0.15) is 0 Å². The largest absolute Gasteiger partial charge is 0.384 e. The summed E-state index contributed by atoms with van der Waals surface area (Å²) in [6.07, 6.45) is 5.76. The predicted molar refractivity (Wildman–Crippen MR) is 79.7 cm³/mol. The maximum absolute atomic E-state index is 12.1. The Bertz CT molecular complexity index is 442. The molecule has 1 atom stereocenters. The van der Waals surface area contributed by atoms with E-state index in [0.29, 0.717) is 0 Å². The van der Waals surface area contributed by atoms with Crippen LogP contribution in [-0.4, -0.2) is 18.5 Å². The molecule has 3 heteroatoms. The average Bonchev–Trinajstić information content (AvgIpc) is 2.86. The number of benzene rings is 1. The zero-order valence-corrected chi connectivity index (χ0v) is 12.0. The molecule has 0 fully saturated rings. The Kier molecular flexibility index (Phi) is 4.83. The fourth-order valence-corrected chi connectivity index (χ4v) is 2.51. The van der Waals surface area contributed by atoms with Crippen molar-refractivity contribution in [1.82, 2.24) is 5.32 Å². The summed E-state index contributed by atoms with van der Waals surface area (Å²) in [4.78, 5) is 12.1. The number of nitrogens with one attached hydrogen (secondary N) is 2. The molecule has 1 aliphatic rings. The van der Waals surface area contributed by atoms with Crippen LogP contribution in [0.25, 0.3) is 0 Å². The van der Waals surface area contributed by atoms with Crippen molar-refractivity contribution in [2.75, 3.05) is 11.9 Å². The minimum absolute atomic E-state index is 0.0421. The Labute approximate surface area is 115 Å². The molecular formula is C16H24N2O. The lowest BCUT2D eigenvalue weighted by molar-refractivity contribution is 0.0938. The van der Waals surface area contributed by atoms with Gasteiger partial charge in [-0.25, -0.2) is 0 Å². The quantitative estimate of drug-likeness (QED) is 0.770. The summed E-state index contributed by atoms with van der Waals surface area (Å²) in [5.41, 5.74) is 3.19. The molecule has 19 heavy (non-hydrogen) atoms. The molecule has 3 nitrogen and oxygen atoms in total. The fraction of sp³-hybridized carbons (Fsp3) is 0.562. The van der Waals surface area contributed by atoms with E-state index in [2.05, 4.69) is 30.5 Å². The van der Waals surface area contributed by atoms with E-state index in [1.54, 1.807) is 0 Å². The molecule has 0 saturated heterocycles. The molecule has 1 aliphatic heterocycles. The number of fused-ring (bicyclic) bond motifs is 1. The van der Waals surface area contributed by atoms with Gasteiger partial charge in [-0.05, 0) is 37.5 Å². The van der Waals surface area contributed by atoms with E-state index < -0.39 is 0 Å². The molecule has 2 rings (SSSR count). The van der Waals surface area contributed by atoms with Gasteiger partial charge in [0.25, 0.3) is 5.91 Å². The normalized spacial score (nSPS) is 14.6. The summed E-state index contributed by atoms with van der Waals surface area (Å²) in [7, 11) is 0. The zero-order valence-electron chi connectivity index (χ0n) is 12.0. The third-order valence-corrected chi connectivity index (χ3v) is 3.70. The third-order valence-electron chi connectivity index (χ3n) is 3.70. The Hall–Kier alpha value is -1.51. The summed E-state index contributed by atoms with van der Waals surface area (Å²) < 4.78 is 0. The summed E-state index contributed by atoms with van der Waals surface area (Å²) in [5, 5.41) is 6.39. The van der Waals surface area contributed by atoms with E-state index in [1.165, 1.54) is 24.8 Å². The van der Waals surface area contributed by atoms with Gasteiger partial charge < -0.3 is 10.6 Å². The number of carbonyl (C=O) groups excluding carboxylic acids is 1. The number of hydrogen-bond acceptors (Lipinski definition) is 2. The highest BCUT2D eigenvalue weighted by Gasteiger charge is 2.14. The van der Waals surface area contributed by atoms with Crippen molar-refractivity contribution in [2.24, 2.45) is 0 Å². The van der Waals surface area contributed by atoms with E-state index in [9.17, 15) is 4.79 Å². The van der Waals surface area contributed by atoms with Crippen LogP contribution < -0.4 is 10.6 Å². The van der Waals surface area contributed by atoms with Gasteiger partial charge >= 0.3 is 0 Å². The van der Waals surface area contributed by atoms with E-state index in [-0.39, 0.29) is 11.9 Å². The van der Waals surface area contributed by atoms with Crippen molar-refractivity contribution in [2.45, 2.75) is 52.0 Å². The number of amides is 1. The number of anilines is 1. The second-order valence-corrected chi connectivity index (χ2v) is 5.42. The molecule has 0 aliphatic carbocycles. The first kappa shape index (κ1) is 13.9. The highest BCUT2D eigenvalue weighted by atomic mass is 16.1. The molecule has 104 valence electrons. The molecule has 1 unspecified atom stereocenters. The Morgan fingerprint density at radius 3 is 3.05 bits per heavy atom. The molecule has 1 aromatic rings. The molecule has 1 heterocycles. The van der Waals surface area contributed by atoms with Crippen molar-refractivity contribution >= 4 is 11.6 Å². The maximum atomic E-state index is 12.1. The lowest BCUT2D eigenvalue weighted by Crippen LogP contribution is -2.32. The van der Waals surface area contributed by atoms with E-state index >= 15 is 0 Å². The molecule has 0 bridgehead atoms. The molecule has 0 saturated carbocycles. The first-order chi connectivity index (χ1) is 9.20. The fourth-order valence-electron chi connectivity index (χ4n) is 2.51. The summed E-state index contributed by atoms with van der Waals surface area (Å²) in [5.74, 6) is 0.0421. The van der Waals surface area contributed by atoms with Gasteiger partial charge in [0, 0.05) is 23.8 Å². The monoisotopic (exact) mass is 260 g/mol. The van der Waals surface area contributed by atoms with Crippen LogP contribution in [0.4, 0.5) is 5.69 Å². The van der Waals surface area contributed by atoms with Gasteiger partial charge in [-0.2, -0.15) is 0 Å². The number of hydrogen-bond donors (Lipinski definition) is 2. The first-order valence-corrected chi connectivity index (χ1v) is 7.38. The van der Waals surface area contributed by atoms with Crippen molar-refractivity contribution in [3.63, 3.8) is 0 Å². The van der Waals surface area contributed by atoms with Crippen LogP contribution in [0.2, 0.25) is 0 Å². The van der Waals surface area contributed by atoms with Gasteiger partial charge in [-0.1, -0.05) is 32.3 Å². The van der Waals surface area contributed by atoms with Crippen LogP contribution in [0.3, 0.4) is 0 Å². The van der Waals surface area contributed by atoms with Crippen molar-refractivity contribution in [1.29, 1.82) is 0 Å². The SMILES string of the molecule is CCCCCC(C)NC(=O)c1ccc2c(c1)NCC2. The predicted octanol–water partition coefficient (Wildman–Crippen LogP) is 3.35. The highest BCUT2D eigenvalue weighted by molar-refractivity contribution is 5.95. The van der Waals surface area contributed by atoms with Crippen molar-refractivity contribution < 1.29 is 4.79 Å². The minimum Gasteiger partial charge on any atom is -0.384 e. The lowest BCUT2D eigenvalue weighted by atomic mass is 10.1. The summed E-state index contributed by atoms with van der Waals surface area (Å²) in [6, 6.07) is 6.21. The topological polar surface area (TPSA) is 41.1 Å². The minimum atomic E-state index is 0.0421. The van der Waals surface area contributed by atoms with E-state index in [1.807, 2.05) is 12.1 Å². The second-order valence-electron chi connectivity index (χ2n) is 5.42. The summed E-state index contributed by atoms with van der Waals surface area (Å²) >= 11 is 0. The standard InChI is InChI=1S/C16H24N2O/c1-3-4-5-6-12(2)18-16(19)14-8-7-13-9-10-17-15(13)11-14/h7-8,11-12,17H,3-6,9-10H2,1-2H3,(H,18,19). The number of carbonyl (C=O) groups is 1.